The van der Waals surface area contributed by atoms with Crippen LogP contribution >= 0.6 is 0 Å². The fraction of sp³-hybridized carbons (Fsp3) is 0.429. The Labute approximate surface area is 110 Å². The third-order valence-corrected chi connectivity index (χ3v) is 2.54. The van der Waals surface area contributed by atoms with Crippen molar-refractivity contribution in [3.63, 3.8) is 0 Å². The van der Waals surface area contributed by atoms with E-state index in [0.29, 0.717) is 12.1 Å². The van der Waals surface area contributed by atoms with Crippen LogP contribution in [0.5, 0.6) is 0 Å². The highest BCUT2D eigenvalue weighted by atomic mass is 19.4. The van der Waals surface area contributed by atoms with Crippen molar-refractivity contribution in [2.75, 3.05) is 13.1 Å². The van der Waals surface area contributed by atoms with Gasteiger partial charge in [0.1, 0.15) is 5.82 Å². The van der Waals surface area contributed by atoms with Crippen molar-refractivity contribution in [3.8, 4) is 0 Å². The van der Waals surface area contributed by atoms with Gasteiger partial charge in [0.15, 0.2) is 0 Å². The second kappa shape index (κ2) is 6.70. The summed E-state index contributed by atoms with van der Waals surface area (Å²) in [7, 11) is 0. The lowest BCUT2D eigenvalue weighted by Gasteiger charge is -2.09. The molecule has 0 spiro atoms. The zero-order valence-corrected chi connectivity index (χ0v) is 10.9. The Hall–Kier alpha value is -1.36. The monoisotopic (exact) mass is 275 g/mol. The van der Waals surface area contributed by atoms with Gasteiger partial charge in [-0.05, 0) is 37.6 Å². The molecule has 0 atom stereocenters. The normalized spacial score (nSPS) is 12.8. The summed E-state index contributed by atoms with van der Waals surface area (Å²) in [6, 6.07) is 3.02. The lowest BCUT2D eigenvalue weighted by atomic mass is 10.1. The average molecular weight is 275 g/mol. The zero-order chi connectivity index (χ0) is 14.5. The summed E-state index contributed by atoms with van der Waals surface area (Å²) in [5.41, 5.74) is 0.0215. The summed E-state index contributed by atoms with van der Waals surface area (Å²) >= 11 is 0. The molecule has 1 N–H and O–H groups in total. The van der Waals surface area contributed by atoms with Crippen LogP contribution < -0.4 is 5.32 Å². The van der Waals surface area contributed by atoms with Crippen LogP contribution in [0.3, 0.4) is 0 Å². The van der Waals surface area contributed by atoms with Crippen molar-refractivity contribution in [2.24, 2.45) is 0 Å². The van der Waals surface area contributed by atoms with E-state index in [0.717, 1.165) is 30.7 Å². The number of hydrogen-bond donors (Lipinski definition) is 1. The van der Waals surface area contributed by atoms with Crippen molar-refractivity contribution in [1.29, 1.82) is 0 Å². The summed E-state index contributed by atoms with van der Waals surface area (Å²) in [5, 5.41) is 3.15. The Morgan fingerprint density at radius 2 is 2.00 bits per heavy atom. The Balaban J connectivity index is 2.88. The number of nitrogens with one attached hydrogen (secondary N) is 1. The quantitative estimate of drug-likeness (QED) is 0.626. The predicted molar refractivity (Wildman–Crippen MR) is 68.2 cm³/mol. The number of halogens is 4. The predicted octanol–water partition coefficient (Wildman–Crippen LogP) is 4.25. The van der Waals surface area contributed by atoms with Crippen LogP contribution in [0, 0.1) is 5.82 Å². The lowest BCUT2D eigenvalue weighted by molar-refractivity contribution is -0.140. The summed E-state index contributed by atoms with van der Waals surface area (Å²) in [5.74, 6) is -1.24. The Morgan fingerprint density at radius 3 is 2.58 bits per heavy atom. The van der Waals surface area contributed by atoms with Gasteiger partial charge in [0.2, 0.25) is 0 Å². The van der Waals surface area contributed by atoms with Crippen molar-refractivity contribution in [2.45, 2.75) is 26.4 Å². The van der Waals surface area contributed by atoms with Gasteiger partial charge in [0.05, 0.1) is 5.56 Å². The highest BCUT2D eigenvalue weighted by molar-refractivity contribution is 5.54. The summed E-state index contributed by atoms with van der Waals surface area (Å²) < 4.78 is 50.7. The smallest absolute Gasteiger partial charge is 0.313 e. The zero-order valence-electron chi connectivity index (χ0n) is 10.9. The van der Waals surface area contributed by atoms with E-state index in [4.69, 9.17) is 0 Å². The van der Waals surface area contributed by atoms with Crippen molar-refractivity contribution in [3.05, 3.63) is 40.7 Å². The first-order valence-corrected chi connectivity index (χ1v) is 6.09. The Morgan fingerprint density at radius 1 is 1.32 bits per heavy atom. The topological polar surface area (TPSA) is 12.0 Å². The molecule has 0 saturated carbocycles. The second-order valence-corrected chi connectivity index (χ2v) is 4.40. The van der Waals surface area contributed by atoms with Gasteiger partial charge in [-0.3, -0.25) is 0 Å². The Bertz CT molecular complexity index is 449. The maximum absolute atomic E-state index is 13.1. The van der Waals surface area contributed by atoms with E-state index in [9.17, 15) is 17.6 Å². The first kappa shape index (κ1) is 15.7. The van der Waals surface area contributed by atoms with E-state index >= 15 is 0 Å². The molecule has 0 heterocycles. The molecule has 106 valence electrons. The van der Waals surface area contributed by atoms with E-state index < -0.39 is 17.6 Å². The molecule has 1 aromatic carbocycles. The first-order valence-electron chi connectivity index (χ1n) is 6.09. The van der Waals surface area contributed by atoms with Crippen LogP contribution in [0.2, 0.25) is 0 Å². The van der Waals surface area contributed by atoms with Crippen LogP contribution in [0.15, 0.2) is 23.8 Å². The number of alkyl halides is 3. The first-order chi connectivity index (χ1) is 8.84. The minimum Gasteiger partial charge on any atom is -0.313 e. The summed E-state index contributed by atoms with van der Waals surface area (Å²) in [4.78, 5) is 0. The van der Waals surface area contributed by atoms with E-state index in [-0.39, 0.29) is 0 Å². The molecule has 0 bridgehead atoms. The van der Waals surface area contributed by atoms with Gasteiger partial charge in [-0.1, -0.05) is 24.6 Å². The molecule has 1 aromatic rings. The SMILES string of the molecule is CCCNC/C(C)=C/c1ccc(F)c(C(F)(F)F)c1. The van der Waals surface area contributed by atoms with Crippen LogP contribution in [0.25, 0.3) is 6.08 Å². The highest BCUT2D eigenvalue weighted by Crippen LogP contribution is 2.32. The van der Waals surface area contributed by atoms with Crippen LogP contribution in [-0.2, 0) is 6.18 Å². The van der Waals surface area contributed by atoms with Gasteiger partial charge in [0.25, 0.3) is 0 Å². The van der Waals surface area contributed by atoms with Gasteiger partial charge in [-0.25, -0.2) is 4.39 Å². The van der Waals surface area contributed by atoms with E-state index in [1.54, 1.807) is 6.08 Å². The van der Waals surface area contributed by atoms with Crippen molar-refractivity contribution >= 4 is 6.08 Å². The number of rotatable bonds is 5. The van der Waals surface area contributed by atoms with E-state index in [1.165, 1.54) is 6.07 Å². The Kier molecular flexibility index (Phi) is 5.54. The van der Waals surface area contributed by atoms with Crippen LogP contribution in [0.1, 0.15) is 31.4 Å². The van der Waals surface area contributed by atoms with Gasteiger partial charge >= 0.3 is 6.18 Å². The maximum Gasteiger partial charge on any atom is 0.419 e. The van der Waals surface area contributed by atoms with Gasteiger partial charge in [0, 0.05) is 6.54 Å². The second-order valence-electron chi connectivity index (χ2n) is 4.40. The molecule has 19 heavy (non-hydrogen) atoms. The summed E-state index contributed by atoms with van der Waals surface area (Å²) in [6.07, 6.45) is -2.05. The van der Waals surface area contributed by atoms with E-state index in [2.05, 4.69) is 5.32 Å². The fourth-order valence-corrected chi connectivity index (χ4v) is 1.65. The molecule has 0 fully saturated rings. The van der Waals surface area contributed by atoms with Gasteiger partial charge in [-0.2, -0.15) is 13.2 Å². The minimum atomic E-state index is -4.66. The maximum atomic E-state index is 13.1. The number of benzene rings is 1. The molecule has 1 nitrogen and oxygen atoms in total. The third-order valence-electron chi connectivity index (χ3n) is 2.54. The minimum absolute atomic E-state index is 0.351. The van der Waals surface area contributed by atoms with Crippen molar-refractivity contribution < 1.29 is 17.6 Å². The third kappa shape index (κ3) is 5.03. The van der Waals surface area contributed by atoms with Crippen LogP contribution in [-0.4, -0.2) is 13.1 Å². The molecule has 0 aromatic heterocycles. The molecule has 0 amide bonds. The van der Waals surface area contributed by atoms with Crippen LogP contribution in [0.4, 0.5) is 17.6 Å². The standard InChI is InChI=1S/C14H17F4N/c1-3-6-19-9-10(2)7-11-4-5-13(15)12(8-11)14(16,17)18/h4-5,7-8,19H,3,6,9H2,1-2H3/b10-7+. The molecule has 0 radical (unpaired) electrons. The molecule has 0 aliphatic rings. The van der Waals surface area contributed by atoms with Gasteiger partial charge in [-0.15, -0.1) is 0 Å². The van der Waals surface area contributed by atoms with Gasteiger partial charge < -0.3 is 5.32 Å². The summed E-state index contributed by atoms with van der Waals surface area (Å²) in [6.45, 7) is 5.30. The van der Waals surface area contributed by atoms with Crippen molar-refractivity contribution in [1.82, 2.24) is 5.32 Å². The molecular formula is C14H17F4N. The fourth-order valence-electron chi connectivity index (χ4n) is 1.65. The number of hydrogen-bond acceptors (Lipinski definition) is 1. The molecule has 5 heteroatoms. The molecule has 1 rings (SSSR count). The lowest BCUT2D eigenvalue weighted by Crippen LogP contribution is -2.16. The average Bonchev–Trinajstić information content (AvgIpc) is 2.30. The largest absolute Gasteiger partial charge is 0.419 e. The molecule has 0 aliphatic carbocycles. The highest BCUT2D eigenvalue weighted by Gasteiger charge is 2.33. The molecular weight excluding hydrogens is 258 g/mol. The van der Waals surface area contributed by atoms with E-state index in [1.807, 2.05) is 13.8 Å². The molecule has 0 unspecified atom stereocenters. The molecule has 0 aliphatic heterocycles. The molecule has 0 saturated heterocycles.